The number of nitrogens with two attached hydrogens (primary N) is 1. The highest BCUT2D eigenvalue weighted by Gasteiger charge is 2.46. The lowest BCUT2D eigenvalue weighted by Crippen LogP contribution is -2.49. The van der Waals surface area contributed by atoms with Crippen LogP contribution in [-0.2, 0) is 18.8 Å². The fraction of sp³-hybridized carbons (Fsp3) is 0.538. The van der Waals surface area contributed by atoms with Gasteiger partial charge in [-0.05, 0) is 56.7 Å². The van der Waals surface area contributed by atoms with Crippen molar-refractivity contribution in [3.63, 3.8) is 0 Å². The average Bonchev–Trinajstić information content (AvgIpc) is 3.71. The van der Waals surface area contributed by atoms with Crippen molar-refractivity contribution in [2.75, 3.05) is 30.6 Å². The van der Waals surface area contributed by atoms with Crippen molar-refractivity contribution in [3.8, 4) is 5.75 Å². The van der Waals surface area contributed by atoms with E-state index in [0.29, 0.717) is 47.2 Å². The molecule has 5 N–H and O–H groups in total. The molecule has 0 bridgehead atoms. The first kappa shape index (κ1) is 31.0. The number of imidazole rings is 1. The molecule has 0 amide bonds. The van der Waals surface area contributed by atoms with Gasteiger partial charge in [0.05, 0.1) is 25.6 Å². The first-order valence-electron chi connectivity index (χ1n) is 13.8. The summed E-state index contributed by atoms with van der Waals surface area (Å²) in [6, 6.07) is 7.04. The Morgan fingerprint density at radius 3 is 2.76 bits per heavy atom. The highest BCUT2D eigenvalue weighted by Crippen LogP contribution is 2.45. The quantitative estimate of drug-likeness (QED) is 0.0861. The van der Waals surface area contributed by atoms with Gasteiger partial charge >= 0.3 is 14.5 Å². The Balaban J connectivity index is 1.30. The second-order valence-corrected chi connectivity index (χ2v) is 12.5. The van der Waals surface area contributed by atoms with Crippen LogP contribution in [0.15, 0.2) is 30.6 Å². The maximum atomic E-state index is 13.0. The molecule has 0 spiro atoms. The number of esters is 1. The van der Waals surface area contributed by atoms with Crippen LogP contribution in [-0.4, -0.2) is 56.6 Å². The van der Waals surface area contributed by atoms with Crippen LogP contribution >= 0.6 is 32.1 Å². The van der Waals surface area contributed by atoms with Gasteiger partial charge in [-0.25, -0.2) is 10.1 Å². The topological polar surface area (TPSA) is 160 Å². The third-order valence-corrected chi connectivity index (χ3v) is 9.17. The zero-order chi connectivity index (χ0) is 29.7. The van der Waals surface area contributed by atoms with Gasteiger partial charge in [0.1, 0.15) is 17.5 Å². The molecule has 13 nitrogen and oxygen atoms in total. The summed E-state index contributed by atoms with van der Waals surface area (Å²) in [5.41, 5.74) is 9.28. The molecule has 1 aliphatic carbocycles. The summed E-state index contributed by atoms with van der Waals surface area (Å²) in [5.74, 6) is 1.04. The van der Waals surface area contributed by atoms with Crippen LogP contribution in [0.1, 0.15) is 52.2 Å². The van der Waals surface area contributed by atoms with Crippen LogP contribution in [0.25, 0.3) is 11.2 Å². The van der Waals surface area contributed by atoms with Crippen molar-refractivity contribution in [1.29, 1.82) is 0 Å². The number of rotatable bonds is 13. The zero-order valence-electron chi connectivity index (χ0n) is 23.7. The number of carbonyl (C=O) groups excluding carboxylic acids is 1. The highest BCUT2D eigenvalue weighted by molar-refractivity contribution is 7.96. The molecule has 228 valence electrons. The number of benzene rings is 1. The minimum atomic E-state index is -1.73. The predicted molar refractivity (Wildman–Crippen MR) is 164 cm³/mol. The molecule has 3 aromatic rings. The van der Waals surface area contributed by atoms with E-state index in [9.17, 15) is 4.79 Å². The zero-order valence-corrected chi connectivity index (χ0v) is 26.2. The SMILES string of the molecule is CCOC(=O)C1(NP(OCC2CC(C)C(n3cnc4c(NNSC)nc(N)nc43)O2)Oc2ccc(Cl)cc2)CCCC1. The van der Waals surface area contributed by atoms with Crippen LogP contribution < -0.4 is 25.6 Å². The minimum absolute atomic E-state index is 0.124. The summed E-state index contributed by atoms with van der Waals surface area (Å²) in [7, 11) is -1.73. The maximum Gasteiger partial charge on any atom is 0.326 e. The number of aromatic nitrogens is 4. The third kappa shape index (κ3) is 7.02. The molecule has 1 aromatic carbocycles. The van der Waals surface area contributed by atoms with Crippen molar-refractivity contribution in [1.82, 2.24) is 29.4 Å². The largest absolute Gasteiger partial charge is 0.465 e. The summed E-state index contributed by atoms with van der Waals surface area (Å²) in [5, 5.41) is 4.00. The molecule has 3 heterocycles. The predicted octanol–water partition coefficient (Wildman–Crippen LogP) is 4.97. The van der Waals surface area contributed by atoms with E-state index in [1.807, 2.05) is 10.8 Å². The Morgan fingerprint density at radius 2 is 2.05 bits per heavy atom. The van der Waals surface area contributed by atoms with Gasteiger partial charge in [-0.3, -0.25) is 14.8 Å². The summed E-state index contributed by atoms with van der Waals surface area (Å²) in [6.45, 7) is 4.47. The number of carbonyl (C=O) groups is 1. The summed E-state index contributed by atoms with van der Waals surface area (Å²) in [6.07, 6.45) is 6.87. The molecule has 2 aromatic heterocycles. The Bertz CT molecular complexity index is 1360. The number of ether oxygens (including phenoxy) is 2. The highest BCUT2D eigenvalue weighted by atomic mass is 35.5. The Kier molecular flexibility index (Phi) is 10.3. The molecular weight excluding hydrogens is 603 g/mol. The lowest BCUT2D eigenvalue weighted by molar-refractivity contribution is -0.150. The monoisotopic (exact) mass is 638 g/mol. The van der Waals surface area contributed by atoms with E-state index in [-0.39, 0.29) is 36.8 Å². The number of halogens is 1. The molecule has 2 aliphatic rings. The number of hydrogen-bond acceptors (Lipinski definition) is 13. The summed E-state index contributed by atoms with van der Waals surface area (Å²) < 4.78 is 26.3. The van der Waals surface area contributed by atoms with Crippen LogP contribution in [0.4, 0.5) is 11.8 Å². The van der Waals surface area contributed by atoms with Gasteiger partial charge in [-0.1, -0.05) is 43.3 Å². The fourth-order valence-electron chi connectivity index (χ4n) is 5.28. The van der Waals surface area contributed by atoms with Gasteiger partial charge in [0.15, 0.2) is 17.0 Å². The van der Waals surface area contributed by atoms with Gasteiger partial charge in [-0.15, -0.1) is 0 Å². The molecule has 0 radical (unpaired) electrons. The molecule has 4 atom stereocenters. The van der Waals surface area contributed by atoms with E-state index >= 15 is 0 Å². The average molecular weight is 639 g/mol. The lowest BCUT2D eigenvalue weighted by Gasteiger charge is -2.31. The van der Waals surface area contributed by atoms with Gasteiger partial charge in [0.2, 0.25) is 5.95 Å². The molecule has 2 fully saturated rings. The lowest BCUT2D eigenvalue weighted by atomic mass is 10.00. The van der Waals surface area contributed by atoms with E-state index in [1.165, 1.54) is 11.9 Å². The fourth-order valence-corrected chi connectivity index (χ4v) is 7.05. The van der Waals surface area contributed by atoms with Crippen molar-refractivity contribution in [2.45, 2.75) is 63.8 Å². The Morgan fingerprint density at radius 1 is 1.29 bits per heavy atom. The van der Waals surface area contributed by atoms with Gasteiger partial charge in [0, 0.05) is 10.9 Å². The van der Waals surface area contributed by atoms with Crippen LogP contribution in [0.5, 0.6) is 5.75 Å². The first-order valence-corrected chi connectivity index (χ1v) is 16.6. The molecule has 1 aliphatic heterocycles. The third-order valence-electron chi connectivity index (χ3n) is 7.25. The number of hydrazine groups is 1. The van der Waals surface area contributed by atoms with Crippen molar-refractivity contribution in [3.05, 3.63) is 35.6 Å². The molecule has 1 saturated carbocycles. The molecule has 5 rings (SSSR count). The number of fused-ring (bicyclic) bond motifs is 1. The number of nitrogen functional groups attached to an aromatic ring is 1. The second kappa shape index (κ2) is 13.9. The molecule has 16 heteroatoms. The molecule has 1 saturated heterocycles. The second-order valence-electron chi connectivity index (χ2n) is 10.3. The van der Waals surface area contributed by atoms with E-state index in [1.54, 1.807) is 37.5 Å². The van der Waals surface area contributed by atoms with Crippen LogP contribution in [0.2, 0.25) is 5.02 Å². The standard InChI is InChI=1S/C26H36ClN8O5PS/c1-4-37-24(36)26(11-5-6-12-26)33-41(40-18-9-7-17(27)8-10-18)38-14-19-13-16(2)23(39-19)35-15-29-20-21(32-34-42-3)30-25(28)31-22(20)35/h7-10,15-16,19,23,33-34H,4-6,11-14H2,1-3H3,(H3,28,30,31,32). The minimum Gasteiger partial charge on any atom is -0.465 e. The number of anilines is 2. The van der Waals surface area contributed by atoms with Gasteiger partial charge in [-0.2, -0.15) is 14.8 Å². The molecule has 4 unspecified atom stereocenters. The van der Waals surface area contributed by atoms with Crippen molar-refractivity contribution >= 4 is 61.0 Å². The van der Waals surface area contributed by atoms with E-state index in [4.69, 9.17) is 35.9 Å². The maximum absolute atomic E-state index is 13.0. The molecule has 42 heavy (non-hydrogen) atoms. The van der Waals surface area contributed by atoms with E-state index in [2.05, 4.69) is 37.2 Å². The normalized spacial score (nSPS) is 22.3. The number of hydrogen-bond donors (Lipinski definition) is 4. The van der Waals surface area contributed by atoms with Gasteiger partial charge < -0.3 is 24.3 Å². The summed E-state index contributed by atoms with van der Waals surface area (Å²) in [4.78, 5) is 29.2. The van der Waals surface area contributed by atoms with Gasteiger partial charge in [0.25, 0.3) is 0 Å². The Labute approximate surface area is 255 Å². The van der Waals surface area contributed by atoms with E-state index in [0.717, 1.165) is 19.3 Å². The van der Waals surface area contributed by atoms with Crippen molar-refractivity contribution < 1.29 is 23.3 Å². The summed E-state index contributed by atoms with van der Waals surface area (Å²) >= 11 is 7.46. The smallest absolute Gasteiger partial charge is 0.326 e. The van der Waals surface area contributed by atoms with Crippen LogP contribution in [0, 0.1) is 5.92 Å². The van der Waals surface area contributed by atoms with E-state index < -0.39 is 14.1 Å². The number of nitrogens with one attached hydrogen (secondary N) is 3. The Hall–Kier alpha value is -2.45. The molecular formula is C26H36ClN8O5PS. The first-order chi connectivity index (χ1) is 20.3. The number of nitrogens with zero attached hydrogens (tertiary/aromatic N) is 4. The van der Waals surface area contributed by atoms with Crippen molar-refractivity contribution in [2.24, 2.45) is 5.92 Å². The van der Waals surface area contributed by atoms with Crippen LogP contribution in [0.3, 0.4) is 0 Å².